The molecule has 0 spiro atoms. The minimum Gasteiger partial charge on any atom is -0.260 e. The second-order valence-electron chi connectivity index (χ2n) is 4.35. The third kappa shape index (κ3) is 1.89. The first-order chi connectivity index (χ1) is 8.75. The third-order valence-corrected chi connectivity index (χ3v) is 3.49. The van der Waals surface area contributed by atoms with Gasteiger partial charge in [0.1, 0.15) is 0 Å². The summed E-state index contributed by atoms with van der Waals surface area (Å²) in [5.74, 6) is 0. The highest BCUT2D eigenvalue weighted by molar-refractivity contribution is 6.31. The summed E-state index contributed by atoms with van der Waals surface area (Å²) in [5, 5.41) is 6.57. The number of nitrogens with zero attached hydrogens (tertiary/aromatic N) is 2. The molecule has 0 N–H and O–H groups in total. The molecule has 0 amide bonds. The van der Waals surface area contributed by atoms with E-state index < -0.39 is 0 Å². The molecule has 1 aromatic heterocycles. The van der Waals surface area contributed by atoms with Crippen molar-refractivity contribution in [1.82, 2.24) is 9.78 Å². The summed E-state index contributed by atoms with van der Waals surface area (Å²) in [6.45, 7) is 2.74. The molecule has 0 radical (unpaired) electrons. The first-order valence-electron chi connectivity index (χ1n) is 5.91. The number of aryl methyl sites for hydroxylation is 1. The van der Waals surface area contributed by atoms with Crippen LogP contribution < -0.4 is 0 Å². The normalized spacial score (nSPS) is 11.0. The maximum Gasteiger partial charge on any atom is 0.0689 e. The number of aromatic nitrogens is 2. The third-order valence-electron chi connectivity index (χ3n) is 3.12. The first-order valence-corrected chi connectivity index (χ1v) is 6.29. The van der Waals surface area contributed by atoms with E-state index in [9.17, 15) is 0 Å². The smallest absolute Gasteiger partial charge is 0.0689 e. The quantitative estimate of drug-likeness (QED) is 0.676. The molecule has 0 aliphatic heterocycles. The lowest BCUT2D eigenvalue weighted by Gasteiger charge is -2.05. The molecule has 2 aromatic carbocycles. The summed E-state index contributed by atoms with van der Waals surface area (Å²) in [5.41, 5.74) is 3.29. The maximum atomic E-state index is 6.19. The summed E-state index contributed by atoms with van der Waals surface area (Å²) in [6.07, 6.45) is 0. The van der Waals surface area contributed by atoms with Gasteiger partial charge in [0.2, 0.25) is 0 Å². The lowest BCUT2D eigenvalue weighted by atomic mass is 10.2. The Morgan fingerprint density at radius 1 is 1.06 bits per heavy atom. The van der Waals surface area contributed by atoms with Crippen LogP contribution >= 0.6 is 11.6 Å². The number of hydrogen-bond acceptors (Lipinski definition) is 1. The fourth-order valence-electron chi connectivity index (χ4n) is 2.20. The summed E-state index contributed by atoms with van der Waals surface area (Å²) in [7, 11) is 0. The van der Waals surface area contributed by atoms with E-state index in [1.54, 1.807) is 0 Å². The molecule has 0 saturated heterocycles. The topological polar surface area (TPSA) is 17.8 Å². The maximum absolute atomic E-state index is 6.19. The van der Waals surface area contributed by atoms with Crippen molar-refractivity contribution in [3.05, 3.63) is 64.8 Å². The molecule has 0 atom stereocenters. The summed E-state index contributed by atoms with van der Waals surface area (Å²) in [4.78, 5) is 0. The molecule has 3 aromatic rings. The fraction of sp³-hybridized carbons (Fsp3) is 0.133. The van der Waals surface area contributed by atoms with Gasteiger partial charge in [0.15, 0.2) is 0 Å². The number of hydrogen-bond donors (Lipinski definition) is 0. The van der Waals surface area contributed by atoms with E-state index in [0.29, 0.717) is 6.54 Å². The van der Waals surface area contributed by atoms with Crippen molar-refractivity contribution >= 4 is 22.5 Å². The standard InChI is InChI=1S/C15H13ClN2/c1-11-13-7-3-5-9-15(13)18(17-11)10-12-6-2-4-8-14(12)16/h2-9H,10H2,1H3. The van der Waals surface area contributed by atoms with Gasteiger partial charge in [-0.15, -0.1) is 0 Å². The summed E-state index contributed by atoms with van der Waals surface area (Å²) in [6, 6.07) is 16.2. The van der Waals surface area contributed by atoms with Crippen LogP contribution in [0.25, 0.3) is 10.9 Å². The van der Waals surface area contributed by atoms with Gasteiger partial charge in [-0.1, -0.05) is 48.0 Å². The van der Waals surface area contributed by atoms with Crippen LogP contribution in [0.3, 0.4) is 0 Å². The Kier molecular flexibility index (Phi) is 2.80. The molecule has 3 heteroatoms. The molecule has 3 rings (SSSR count). The lowest BCUT2D eigenvalue weighted by molar-refractivity contribution is 0.703. The molecule has 0 aliphatic carbocycles. The Morgan fingerprint density at radius 3 is 2.61 bits per heavy atom. The van der Waals surface area contributed by atoms with Crippen LogP contribution in [0.4, 0.5) is 0 Å². The molecular formula is C15H13ClN2. The van der Waals surface area contributed by atoms with E-state index in [0.717, 1.165) is 21.8 Å². The number of para-hydroxylation sites is 1. The lowest BCUT2D eigenvalue weighted by Crippen LogP contribution is -2.02. The number of halogens is 1. The molecule has 2 nitrogen and oxygen atoms in total. The van der Waals surface area contributed by atoms with Gasteiger partial charge >= 0.3 is 0 Å². The van der Waals surface area contributed by atoms with Crippen LogP contribution in [-0.2, 0) is 6.54 Å². The average molecular weight is 257 g/mol. The van der Waals surface area contributed by atoms with Crippen LogP contribution in [0.1, 0.15) is 11.3 Å². The van der Waals surface area contributed by atoms with Gasteiger partial charge in [0, 0.05) is 10.4 Å². The Bertz CT molecular complexity index is 701. The van der Waals surface area contributed by atoms with Gasteiger partial charge in [-0.3, -0.25) is 4.68 Å². The van der Waals surface area contributed by atoms with Crippen molar-refractivity contribution in [1.29, 1.82) is 0 Å². The van der Waals surface area contributed by atoms with Crippen LogP contribution in [-0.4, -0.2) is 9.78 Å². The number of fused-ring (bicyclic) bond motifs is 1. The molecule has 0 unspecified atom stereocenters. The van der Waals surface area contributed by atoms with Crippen molar-refractivity contribution in [2.45, 2.75) is 13.5 Å². The highest BCUT2D eigenvalue weighted by Crippen LogP contribution is 2.21. The van der Waals surface area contributed by atoms with E-state index in [-0.39, 0.29) is 0 Å². The molecule has 0 saturated carbocycles. The number of benzene rings is 2. The van der Waals surface area contributed by atoms with Crippen LogP contribution in [0.2, 0.25) is 5.02 Å². The molecule has 0 bridgehead atoms. The Morgan fingerprint density at radius 2 is 1.78 bits per heavy atom. The van der Waals surface area contributed by atoms with Crippen molar-refractivity contribution in [2.75, 3.05) is 0 Å². The molecule has 18 heavy (non-hydrogen) atoms. The van der Waals surface area contributed by atoms with Gasteiger partial charge in [-0.2, -0.15) is 5.10 Å². The second kappa shape index (κ2) is 4.46. The SMILES string of the molecule is Cc1nn(Cc2ccccc2Cl)c2ccccc12. The van der Waals surface area contributed by atoms with Crippen LogP contribution in [0.15, 0.2) is 48.5 Å². The van der Waals surface area contributed by atoms with E-state index >= 15 is 0 Å². The molecule has 90 valence electrons. The van der Waals surface area contributed by atoms with Gasteiger partial charge in [0.25, 0.3) is 0 Å². The highest BCUT2D eigenvalue weighted by Gasteiger charge is 2.08. The Hall–Kier alpha value is -1.80. The minimum absolute atomic E-state index is 0.702. The predicted octanol–water partition coefficient (Wildman–Crippen LogP) is 4.05. The van der Waals surface area contributed by atoms with Crippen molar-refractivity contribution in [3.63, 3.8) is 0 Å². The largest absolute Gasteiger partial charge is 0.260 e. The molecule has 0 aliphatic rings. The predicted molar refractivity (Wildman–Crippen MR) is 75.0 cm³/mol. The van der Waals surface area contributed by atoms with E-state index in [1.807, 2.05) is 48.0 Å². The second-order valence-corrected chi connectivity index (χ2v) is 4.76. The Labute approximate surface area is 111 Å². The van der Waals surface area contributed by atoms with Gasteiger partial charge in [-0.25, -0.2) is 0 Å². The first kappa shape index (κ1) is 11.3. The molecule has 0 fully saturated rings. The van der Waals surface area contributed by atoms with Crippen LogP contribution in [0.5, 0.6) is 0 Å². The van der Waals surface area contributed by atoms with Gasteiger partial charge in [0.05, 0.1) is 17.8 Å². The average Bonchev–Trinajstić information content (AvgIpc) is 2.70. The van der Waals surface area contributed by atoms with Gasteiger partial charge in [-0.05, 0) is 24.6 Å². The zero-order valence-electron chi connectivity index (χ0n) is 10.1. The Balaban J connectivity index is 2.08. The summed E-state index contributed by atoms with van der Waals surface area (Å²) < 4.78 is 2.01. The monoisotopic (exact) mass is 256 g/mol. The highest BCUT2D eigenvalue weighted by atomic mass is 35.5. The van der Waals surface area contributed by atoms with E-state index in [1.165, 1.54) is 5.39 Å². The van der Waals surface area contributed by atoms with E-state index in [2.05, 4.69) is 17.2 Å². The minimum atomic E-state index is 0.702. The van der Waals surface area contributed by atoms with Crippen LogP contribution in [0, 0.1) is 6.92 Å². The van der Waals surface area contributed by atoms with Gasteiger partial charge < -0.3 is 0 Å². The fourth-order valence-corrected chi connectivity index (χ4v) is 2.40. The number of rotatable bonds is 2. The molecule has 1 heterocycles. The zero-order chi connectivity index (χ0) is 12.5. The van der Waals surface area contributed by atoms with E-state index in [4.69, 9.17) is 11.6 Å². The molecular weight excluding hydrogens is 244 g/mol. The van der Waals surface area contributed by atoms with Crippen molar-refractivity contribution in [2.24, 2.45) is 0 Å². The van der Waals surface area contributed by atoms with Crippen molar-refractivity contribution < 1.29 is 0 Å². The summed E-state index contributed by atoms with van der Waals surface area (Å²) >= 11 is 6.19. The van der Waals surface area contributed by atoms with Crippen molar-refractivity contribution in [3.8, 4) is 0 Å². The zero-order valence-corrected chi connectivity index (χ0v) is 10.9.